The van der Waals surface area contributed by atoms with Gasteiger partial charge in [0.25, 0.3) is 0 Å². The van der Waals surface area contributed by atoms with Gasteiger partial charge in [0, 0.05) is 9.81 Å². The maximum atomic E-state index is 9.24. The zero-order valence-corrected chi connectivity index (χ0v) is 11.2. The highest BCUT2D eigenvalue weighted by Crippen LogP contribution is 2.32. The van der Waals surface area contributed by atoms with Crippen LogP contribution in [-0.4, -0.2) is 10.2 Å². The molecule has 18 heavy (non-hydrogen) atoms. The van der Waals surface area contributed by atoms with E-state index in [4.69, 9.17) is 0 Å². The molecule has 2 nitrogen and oxygen atoms in total. The third-order valence-corrected chi connectivity index (χ3v) is 3.65. The lowest BCUT2D eigenvalue weighted by Crippen LogP contribution is -1.82. The molecule has 2 aromatic rings. The van der Waals surface area contributed by atoms with Gasteiger partial charge in [0.15, 0.2) is 0 Å². The SMILES string of the molecule is Oc1ccc(/C(S)=C(/S)c2ccc(O)cc2)cc1. The largest absolute Gasteiger partial charge is 0.508 e. The predicted octanol–water partition coefficient (Wildman–Crippen LogP) is 3.78. The smallest absolute Gasteiger partial charge is 0.115 e. The van der Waals surface area contributed by atoms with Gasteiger partial charge in [0.2, 0.25) is 0 Å². The summed E-state index contributed by atoms with van der Waals surface area (Å²) >= 11 is 8.89. The first-order valence-corrected chi connectivity index (χ1v) is 6.18. The summed E-state index contributed by atoms with van der Waals surface area (Å²) in [4.78, 5) is 1.42. The van der Waals surface area contributed by atoms with E-state index in [1.54, 1.807) is 48.5 Å². The van der Waals surface area contributed by atoms with Crippen LogP contribution in [0.3, 0.4) is 0 Å². The molecular formula is C14H12O2S2. The Hall–Kier alpha value is -1.52. The van der Waals surface area contributed by atoms with Gasteiger partial charge in [-0.25, -0.2) is 0 Å². The second kappa shape index (κ2) is 5.42. The van der Waals surface area contributed by atoms with Crippen molar-refractivity contribution in [2.24, 2.45) is 0 Å². The van der Waals surface area contributed by atoms with E-state index in [9.17, 15) is 10.2 Å². The summed E-state index contributed by atoms with van der Waals surface area (Å²) in [6.45, 7) is 0. The Kier molecular flexibility index (Phi) is 3.89. The van der Waals surface area contributed by atoms with Gasteiger partial charge in [-0.3, -0.25) is 0 Å². The minimum Gasteiger partial charge on any atom is -0.508 e. The fraction of sp³-hybridized carbons (Fsp3) is 0. The van der Waals surface area contributed by atoms with Gasteiger partial charge >= 0.3 is 0 Å². The molecule has 0 aliphatic heterocycles. The Bertz CT molecular complexity index is 518. The number of phenols is 2. The lowest BCUT2D eigenvalue weighted by atomic mass is 10.1. The molecule has 0 aromatic heterocycles. The van der Waals surface area contributed by atoms with E-state index < -0.39 is 0 Å². The van der Waals surface area contributed by atoms with E-state index in [-0.39, 0.29) is 11.5 Å². The van der Waals surface area contributed by atoms with Crippen molar-refractivity contribution in [1.29, 1.82) is 0 Å². The third-order valence-electron chi connectivity index (χ3n) is 2.51. The molecule has 0 saturated carbocycles. The van der Waals surface area contributed by atoms with Crippen molar-refractivity contribution in [1.82, 2.24) is 0 Å². The average Bonchev–Trinajstić information content (AvgIpc) is 2.39. The second-order valence-electron chi connectivity index (χ2n) is 3.79. The van der Waals surface area contributed by atoms with Gasteiger partial charge in [-0.05, 0) is 35.4 Å². The Morgan fingerprint density at radius 1 is 0.611 bits per heavy atom. The van der Waals surface area contributed by atoms with Gasteiger partial charge in [-0.2, -0.15) is 0 Å². The van der Waals surface area contributed by atoms with Crippen LogP contribution in [0, 0.1) is 0 Å². The van der Waals surface area contributed by atoms with Crippen LogP contribution >= 0.6 is 25.3 Å². The first kappa shape index (κ1) is 12.9. The van der Waals surface area contributed by atoms with Gasteiger partial charge in [-0.15, -0.1) is 25.3 Å². The monoisotopic (exact) mass is 276 g/mol. The third kappa shape index (κ3) is 2.83. The lowest BCUT2D eigenvalue weighted by molar-refractivity contribution is 0.474. The van der Waals surface area contributed by atoms with Crippen LogP contribution in [0.2, 0.25) is 0 Å². The van der Waals surface area contributed by atoms with Crippen molar-refractivity contribution in [2.75, 3.05) is 0 Å². The Morgan fingerprint density at radius 2 is 0.889 bits per heavy atom. The summed E-state index contributed by atoms with van der Waals surface area (Å²) in [6.07, 6.45) is 0. The van der Waals surface area contributed by atoms with Crippen LogP contribution < -0.4 is 0 Å². The number of thiol groups is 2. The molecule has 4 heteroatoms. The maximum Gasteiger partial charge on any atom is 0.115 e. The first-order valence-electron chi connectivity index (χ1n) is 5.29. The van der Waals surface area contributed by atoms with Gasteiger partial charge in [0.1, 0.15) is 11.5 Å². The molecule has 0 unspecified atom stereocenters. The lowest BCUT2D eigenvalue weighted by Gasteiger charge is -2.07. The number of hydrogen-bond acceptors (Lipinski definition) is 4. The second-order valence-corrected chi connectivity index (χ2v) is 4.69. The molecule has 0 saturated heterocycles. The van der Waals surface area contributed by atoms with E-state index in [1.165, 1.54) is 0 Å². The highest BCUT2D eigenvalue weighted by atomic mass is 32.1. The highest BCUT2D eigenvalue weighted by Gasteiger charge is 2.05. The van der Waals surface area contributed by atoms with E-state index >= 15 is 0 Å². The molecule has 0 aliphatic rings. The summed E-state index contributed by atoms with van der Waals surface area (Å²) in [6, 6.07) is 13.5. The Labute approximate surface area is 116 Å². The summed E-state index contributed by atoms with van der Waals surface area (Å²) < 4.78 is 0. The van der Waals surface area contributed by atoms with E-state index in [0.29, 0.717) is 9.81 Å². The van der Waals surface area contributed by atoms with Crippen LogP contribution in [0.25, 0.3) is 9.81 Å². The minimum atomic E-state index is 0.213. The van der Waals surface area contributed by atoms with E-state index in [0.717, 1.165) is 11.1 Å². The molecule has 0 amide bonds. The molecule has 0 aliphatic carbocycles. The fourth-order valence-electron chi connectivity index (χ4n) is 1.51. The number of aromatic hydroxyl groups is 2. The normalized spacial score (nSPS) is 12.1. The van der Waals surface area contributed by atoms with Crippen molar-refractivity contribution in [3.63, 3.8) is 0 Å². The van der Waals surface area contributed by atoms with Crippen LogP contribution in [0.1, 0.15) is 11.1 Å². The standard InChI is InChI=1S/C14H12O2S2/c15-11-5-1-9(2-6-11)13(17)14(18)10-3-7-12(16)8-4-10/h1-8,15-18H/b14-13-. The van der Waals surface area contributed by atoms with Crippen molar-refractivity contribution >= 4 is 35.1 Å². The molecule has 92 valence electrons. The average molecular weight is 276 g/mol. The van der Waals surface area contributed by atoms with Crippen LogP contribution in [0.15, 0.2) is 48.5 Å². The fourth-order valence-corrected chi connectivity index (χ4v) is 2.07. The molecule has 0 heterocycles. The molecule has 0 bridgehead atoms. The molecule has 0 atom stereocenters. The Balaban J connectivity index is 2.40. The van der Waals surface area contributed by atoms with Crippen molar-refractivity contribution < 1.29 is 10.2 Å². The number of phenolic OH excluding ortho intramolecular Hbond substituents is 2. The van der Waals surface area contributed by atoms with Crippen LogP contribution in [0.4, 0.5) is 0 Å². The zero-order chi connectivity index (χ0) is 13.1. The summed E-state index contributed by atoms with van der Waals surface area (Å²) in [5.74, 6) is 0.426. The van der Waals surface area contributed by atoms with Gasteiger partial charge in [-0.1, -0.05) is 24.3 Å². The van der Waals surface area contributed by atoms with Crippen molar-refractivity contribution in [3.8, 4) is 11.5 Å². The Morgan fingerprint density at radius 3 is 1.17 bits per heavy atom. The van der Waals surface area contributed by atoms with Crippen LogP contribution in [-0.2, 0) is 0 Å². The van der Waals surface area contributed by atoms with Gasteiger partial charge < -0.3 is 10.2 Å². The van der Waals surface area contributed by atoms with E-state index in [1.807, 2.05) is 0 Å². The molecule has 0 spiro atoms. The maximum absolute atomic E-state index is 9.24. The number of rotatable bonds is 2. The summed E-state index contributed by atoms with van der Waals surface area (Å²) in [5.41, 5.74) is 1.74. The summed E-state index contributed by atoms with van der Waals surface area (Å²) in [7, 11) is 0. The number of benzene rings is 2. The molecule has 2 N–H and O–H groups in total. The van der Waals surface area contributed by atoms with Crippen LogP contribution in [0.5, 0.6) is 11.5 Å². The molecule has 0 radical (unpaired) electrons. The quantitative estimate of drug-likeness (QED) is 0.498. The molecular weight excluding hydrogens is 264 g/mol. The minimum absolute atomic E-state index is 0.213. The molecule has 0 fully saturated rings. The highest BCUT2D eigenvalue weighted by molar-refractivity contribution is 7.96. The molecule has 2 rings (SSSR count). The number of hydrogen-bond donors (Lipinski definition) is 4. The first-order chi connectivity index (χ1) is 8.58. The van der Waals surface area contributed by atoms with Crippen molar-refractivity contribution in [2.45, 2.75) is 0 Å². The van der Waals surface area contributed by atoms with Gasteiger partial charge in [0.05, 0.1) is 0 Å². The van der Waals surface area contributed by atoms with E-state index in [2.05, 4.69) is 25.3 Å². The predicted molar refractivity (Wildman–Crippen MR) is 81.0 cm³/mol. The topological polar surface area (TPSA) is 40.5 Å². The zero-order valence-electron chi connectivity index (χ0n) is 9.41. The molecule has 2 aromatic carbocycles. The van der Waals surface area contributed by atoms with Crippen molar-refractivity contribution in [3.05, 3.63) is 59.7 Å². The summed E-state index contributed by atoms with van der Waals surface area (Å²) in [5, 5.41) is 18.5.